The molecule has 0 aliphatic heterocycles. The first-order valence-corrected chi connectivity index (χ1v) is 9.55. The second-order valence-electron chi connectivity index (χ2n) is 6.86. The third kappa shape index (κ3) is 4.32. The van der Waals surface area contributed by atoms with Gasteiger partial charge in [-0.1, -0.05) is 18.2 Å². The van der Waals surface area contributed by atoms with Gasteiger partial charge in [0.25, 0.3) is 0 Å². The Morgan fingerprint density at radius 1 is 1.17 bits per heavy atom. The van der Waals surface area contributed by atoms with Crippen LogP contribution >= 0.6 is 0 Å². The van der Waals surface area contributed by atoms with Gasteiger partial charge in [-0.25, -0.2) is 4.98 Å². The van der Waals surface area contributed by atoms with Gasteiger partial charge < -0.3 is 18.8 Å². The Kier molecular flexibility index (Phi) is 5.33. The van der Waals surface area contributed by atoms with Gasteiger partial charge in [0.1, 0.15) is 11.5 Å². The Labute approximate surface area is 168 Å². The number of aromatic nitrogens is 2. The van der Waals surface area contributed by atoms with Crippen LogP contribution in [0, 0.1) is 6.92 Å². The van der Waals surface area contributed by atoms with Gasteiger partial charge in [-0.2, -0.15) is 0 Å². The first-order valence-electron chi connectivity index (χ1n) is 9.55. The number of benzene rings is 2. The number of aryl methyl sites for hydroxylation is 2. The van der Waals surface area contributed by atoms with Gasteiger partial charge in [0, 0.05) is 30.8 Å². The molecule has 4 rings (SSSR count). The number of carbonyl (C=O) groups is 1. The zero-order valence-electron chi connectivity index (χ0n) is 16.2. The number of hydrogen-bond acceptors (Lipinski definition) is 4. The number of rotatable bonds is 8. The molecule has 0 fully saturated rings. The van der Waals surface area contributed by atoms with Crippen molar-refractivity contribution in [3.63, 3.8) is 0 Å². The van der Waals surface area contributed by atoms with Gasteiger partial charge in [-0.15, -0.1) is 0 Å². The van der Waals surface area contributed by atoms with Gasteiger partial charge in [0.05, 0.1) is 24.2 Å². The molecule has 2 aromatic carbocycles. The molecule has 1 N–H and O–H groups in total. The molecule has 2 heterocycles. The Morgan fingerprint density at radius 2 is 2.00 bits per heavy atom. The van der Waals surface area contributed by atoms with Crippen LogP contribution in [0.4, 0.5) is 0 Å². The lowest BCUT2D eigenvalue weighted by Gasteiger charge is -2.08. The van der Waals surface area contributed by atoms with E-state index in [9.17, 15) is 4.79 Å². The van der Waals surface area contributed by atoms with Gasteiger partial charge in [0.2, 0.25) is 5.89 Å². The van der Waals surface area contributed by atoms with Gasteiger partial charge in [-0.05, 0) is 42.6 Å². The van der Waals surface area contributed by atoms with E-state index in [1.165, 1.54) is 0 Å². The highest BCUT2D eigenvalue weighted by molar-refractivity contribution is 5.81. The van der Waals surface area contributed by atoms with Crippen molar-refractivity contribution in [2.24, 2.45) is 0 Å². The average molecular weight is 390 g/mol. The van der Waals surface area contributed by atoms with Crippen LogP contribution in [0.2, 0.25) is 0 Å². The number of ether oxygens (including phenoxy) is 1. The number of fused-ring (bicyclic) bond motifs is 1. The summed E-state index contributed by atoms with van der Waals surface area (Å²) in [6, 6.07) is 17.7. The van der Waals surface area contributed by atoms with Crippen LogP contribution in [0.25, 0.3) is 22.4 Å². The first-order chi connectivity index (χ1) is 14.1. The summed E-state index contributed by atoms with van der Waals surface area (Å²) in [5.41, 5.74) is 2.80. The maximum absolute atomic E-state index is 10.8. The molecule has 148 valence electrons. The van der Waals surface area contributed by atoms with E-state index in [2.05, 4.69) is 4.98 Å². The molecule has 0 unspecified atom stereocenters. The molecule has 0 aliphatic carbocycles. The minimum absolute atomic E-state index is 0.0873. The minimum Gasteiger partial charge on any atom is -0.493 e. The Morgan fingerprint density at radius 3 is 2.79 bits per heavy atom. The highest BCUT2D eigenvalue weighted by atomic mass is 16.5. The molecular formula is C23H22N2O4. The van der Waals surface area contributed by atoms with Gasteiger partial charge >= 0.3 is 5.97 Å². The summed E-state index contributed by atoms with van der Waals surface area (Å²) in [5, 5.41) is 9.97. The Hall–Kier alpha value is -3.54. The van der Waals surface area contributed by atoms with Crippen LogP contribution in [0.1, 0.15) is 17.9 Å². The maximum atomic E-state index is 10.8. The monoisotopic (exact) mass is 390 g/mol. The van der Waals surface area contributed by atoms with E-state index >= 15 is 0 Å². The molecular weight excluding hydrogens is 368 g/mol. The smallest absolute Gasteiger partial charge is 0.305 e. The number of nitrogens with zero attached hydrogens (tertiary/aromatic N) is 2. The van der Waals surface area contributed by atoms with E-state index in [-0.39, 0.29) is 6.42 Å². The van der Waals surface area contributed by atoms with Crippen molar-refractivity contribution >= 4 is 16.9 Å². The summed E-state index contributed by atoms with van der Waals surface area (Å²) in [4.78, 5) is 15.4. The Bertz CT molecular complexity index is 1130. The minimum atomic E-state index is -0.808. The highest BCUT2D eigenvalue weighted by Gasteiger charge is 2.11. The van der Waals surface area contributed by atoms with E-state index in [4.69, 9.17) is 14.3 Å². The average Bonchev–Trinajstić information content (AvgIpc) is 3.30. The topological polar surface area (TPSA) is 77.5 Å². The number of carboxylic acid groups (broad SMARTS) is 1. The fourth-order valence-corrected chi connectivity index (χ4v) is 3.29. The van der Waals surface area contributed by atoms with Crippen molar-refractivity contribution in [3.05, 3.63) is 72.2 Å². The number of carboxylic acids is 1. The summed E-state index contributed by atoms with van der Waals surface area (Å²) < 4.78 is 13.7. The Balaban J connectivity index is 1.42. The zero-order valence-corrected chi connectivity index (χ0v) is 16.2. The SMILES string of the molecule is Cc1oc(-c2ccccc2)nc1CCOc1ccc2ccn(CCC(=O)O)c2c1. The second-order valence-corrected chi connectivity index (χ2v) is 6.86. The van der Waals surface area contributed by atoms with Crippen LogP contribution in [0.3, 0.4) is 0 Å². The largest absolute Gasteiger partial charge is 0.493 e. The molecule has 0 atom stereocenters. The lowest BCUT2D eigenvalue weighted by atomic mass is 10.2. The molecule has 0 saturated carbocycles. The van der Waals surface area contributed by atoms with Crippen molar-refractivity contribution in [1.82, 2.24) is 9.55 Å². The van der Waals surface area contributed by atoms with Crippen LogP contribution in [-0.4, -0.2) is 27.2 Å². The lowest BCUT2D eigenvalue weighted by molar-refractivity contribution is -0.137. The van der Waals surface area contributed by atoms with Crippen molar-refractivity contribution < 1.29 is 19.1 Å². The van der Waals surface area contributed by atoms with Crippen molar-refractivity contribution in [1.29, 1.82) is 0 Å². The third-order valence-corrected chi connectivity index (χ3v) is 4.83. The maximum Gasteiger partial charge on any atom is 0.305 e. The summed E-state index contributed by atoms with van der Waals surface area (Å²) in [6.07, 6.45) is 2.63. The molecule has 4 aromatic rings. The second kappa shape index (κ2) is 8.22. The van der Waals surface area contributed by atoms with E-state index in [0.717, 1.165) is 33.7 Å². The quantitative estimate of drug-likeness (QED) is 0.472. The van der Waals surface area contributed by atoms with Crippen LogP contribution in [0.5, 0.6) is 5.75 Å². The molecule has 0 spiro atoms. The predicted molar refractivity (Wildman–Crippen MR) is 110 cm³/mol. The standard InChI is InChI=1S/C23H22N2O4/c1-16-20(24-23(29-16)18-5-3-2-4-6-18)11-14-28-19-8-7-17-9-12-25(21(17)15-19)13-10-22(26)27/h2-9,12,15H,10-11,13-14H2,1H3,(H,26,27). The number of hydrogen-bond donors (Lipinski definition) is 1. The molecule has 6 nitrogen and oxygen atoms in total. The first kappa shape index (κ1) is 18.8. The fourth-order valence-electron chi connectivity index (χ4n) is 3.29. The normalized spacial score (nSPS) is 11.1. The van der Waals surface area contributed by atoms with Crippen LogP contribution in [0.15, 0.2) is 65.2 Å². The molecule has 29 heavy (non-hydrogen) atoms. The van der Waals surface area contributed by atoms with Crippen molar-refractivity contribution in [2.45, 2.75) is 26.3 Å². The summed E-state index contributed by atoms with van der Waals surface area (Å²) in [5.74, 6) is 1.36. The zero-order chi connectivity index (χ0) is 20.2. The van der Waals surface area contributed by atoms with Crippen LogP contribution in [-0.2, 0) is 17.8 Å². The van der Waals surface area contributed by atoms with Crippen molar-refractivity contribution in [2.75, 3.05) is 6.61 Å². The summed E-state index contributed by atoms with van der Waals surface area (Å²) in [7, 11) is 0. The molecule has 0 radical (unpaired) electrons. The van der Waals surface area contributed by atoms with E-state index < -0.39 is 5.97 Å². The molecule has 0 bridgehead atoms. The van der Waals surface area contributed by atoms with Gasteiger partial charge in [-0.3, -0.25) is 4.79 Å². The summed E-state index contributed by atoms with van der Waals surface area (Å²) >= 11 is 0. The summed E-state index contributed by atoms with van der Waals surface area (Å²) in [6.45, 7) is 2.82. The number of oxazole rings is 1. The molecule has 0 amide bonds. The molecule has 0 saturated heterocycles. The fraction of sp³-hybridized carbons (Fsp3) is 0.217. The van der Waals surface area contributed by atoms with Crippen LogP contribution < -0.4 is 4.74 Å². The number of aliphatic carboxylic acids is 1. The lowest BCUT2D eigenvalue weighted by Crippen LogP contribution is -2.04. The predicted octanol–water partition coefficient (Wildman–Crippen LogP) is 4.70. The molecule has 2 aromatic heterocycles. The third-order valence-electron chi connectivity index (χ3n) is 4.83. The van der Waals surface area contributed by atoms with Crippen molar-refractivity contribution in [3.8, 4) is 17.2 Å². The van der Waals surface area contributed by atoms with E-state index in [0.29, 0.717) is 25.5 Å². The van der Waals surface area contributed by atoms with E-state index in [1.807, 2.05) is 72.3 Å². The highest BCUT2D eigenvalue weighted by Crippen LogP contribution is 2.24. The van der Waals surface area contributed by atoms with Gasteiger partial charge in [0.15, 0.2) is 0 Å². The van der Waals surface area contributed by atoms with E-state index in [1.54, 1.807) is 0 Å². The molecule has 6 heteroatoms. The molecule has 0 aliphatic rings.